The number of nitro groups is 1. The van der Waals surface area contributed by atoms with Crippen LogP contribution in [0.25, 0.3) is 0 Å². The number of hydrogen-bond acceptors (Lipinski definition) is 5. The van der Waals surface area contributed by atoms with E-state index in [1.54, 1.807) is 13.0 Å². The van der Waals surface area contributed by atoms with E-state index in [0.717, 1.165) is 30.5 Å². The van der Waals surface area contributed by atoms with Crippen molar-refractivity contribution in [1.29, 1.82) is 0 Å². The van der Waals surface area contributed by atoms with E-state index >= 15 is 0 Å². The van der Waals surface area contributed by atoms with Crippen molar-refractivity contribution in [3.05, 3.63) is 32.8 Å². The maximum absolute atomic E-state index is 11.8. The zero-order valence-electron chi connectivity index (χ0n) is 14.9. The lowest BCUT2D eigenvalue weighted by molar-refractivity contribution is -0.384. The van der Waals surface area contributed by atoms with Crippen molar-refractivity contribution in [3.63, 3.8) is 0 Å². The van der Waals surface area contributed by atoms with Gasteiger partial charge in [0.25, 0.3) is 5.69 Å². The minimum Gasteiger partial charge on any atom is -0.444 e. The number of aryl methyl sites for hydroxylation is 1. The molecule has 2 N–H and O–H groups in total. The molecule has 1 aromatic carbocycles. The molecule has 1 aliphatic rings. The molecular weight excluding hydrogens is 346 g/mol. The van der Waals surface area contributed by atoms with Crippen LogP contribution in [0, 0.1) is 17.0 Å². The summed E-state index contributed by atoms with van der Waals surface area (Å²) in [7, 11) is 0. The highest BCUT2D eigenvalue weighted by Gasteiger charge is 2.28. The molecule has 2 atom stereocenters. The molecule has 7 nitrogen and oxygen atoms in total. The summed E-state index contributed by atoms with van der Waals surface area (Å²) in [5, 5.41) is 17.3. The fourth-order valence-corrected chi connectivity index (χ4v) is 3.13. The lowest BCUT2D eigenvalue weighted by Crippen LogP contribution is -2.38. The molecule has 0 aromatic heterocycles. The number of amides is 1. The van der Waals surface area contributed by atoms with Crippen LogP contribution in [0.1, 0.15) is 45.6 Å². The van der Waals surface area contributed by atoms with Crippen molar-refractivity contribution < 1.29 is 14.5 Å². The van der Waals surface area contributed by atoms with Crippen LogP contribution in [0.5, 0.6) is 0 Å². The number of anilines is 1. The lowest BCUT2D eigenvalue weighted by atomic mass is 10.1. The van der Waals surface area contributed by atoms with E-state index in [1.807, 2.05) is 20.8 Å². The number of carbonyl (C=O) groups excluding carboxylic acids is 1. The van der Waals surface area contributed by atoms with E-state index in [-0.39, 0.29) is 22.8 Å². The number of hydrogen-bond donors (Lipinski definition) is 2. The summed E-state index contributed by atoms with van der Waals surface area (Å²) in [5.41, 5.74) is 0.922. The first-order valence-electron chi connectivity index (χ1n) is 8.26. The first-order valence-corrected chi connectivity index (χ1v) is 8.63. The van der Waals surface area contributed by atoms with Crippen molar-refractivity contribution in [2.75, 3.05) is 5.32 Å². The van der Waals surface area contributed by atoms with E-state index < -0.39 is 16.6 Å². The second-order valence-electron chi connectivity index (χ2n) is 7.37. The Balaban J connectivity index is 1.94. The smallest absolute Gasteiger partial charge is 0.407 e. The SMILES string of the molecule is Cc1cc([N+](=O)[O-])c(Cl)cc1NC1CCC(NC(=O)OC(C)(C)C)C1. The number of halogens is 1. The Kier molecular flexibility index (Phi) is 5.77. The van der Waals surface area contributed by atoms with Crippen LogP contribution in [0.2, 0.25) is 5.02 Å². The summed E-state index contributed by atoms with van der Waals surface area (Å²) in [4.78, 5) is 22.3. The number of nitrogens with zero attached hydrogens (tertiary/aromatic N) is 1. The van der Waals surface area contributed by atoms with E-state index in [0.29, 0.717) is 0 Å². The van der Waals surface area contributed by atoms with Gasteiger partial charge in [0, 0.05) is 23.8 Å². The molecule has 0 heterocycles. The van der Waals surface area contributed by atoms with Crippen LogP contribution in [-0.2, 0) is 4.74 Å². The summed E-state index contributed by atoms with van der Waals surface area (Å²) >= 11 is 5.99. The summed E-state index contributed by atoms with van der Waals surface area (Å²) in [5.74, 6) is 0. The quantitative estimate of drug-likeness (QED) is 0.605. The molecule has 138 valence electrons. The molecule has 2 unspecified atom stereocenters. The largest absolute Gasteiger partial charge is 0.444 e. The highest BCUT2D eigenvalue weighted by atomic mass is 35.5. The molecule has 1 aliphatic carbocycles. The normalized spacial score (nSPS) is 20.2. The van der Waals surface area contributed by atoms with Crippen molar-refractivity contribution >= 4 is 29.1 Å². The van der Waals surface area contributed by atoms with E-state index in [2.05, 4.69) is 10.6 Å². The van der Waals surface area contributed by atoms with E-state index in [1.165, 1.54) is 6.07 Å². The first kappa shape index (κ1) is 19.3. The van der Waals surface area contributed by atoms with Gasteiger partial charge in [-0.3, -0.25) is 10.1 Å². The fraction of sp³-hybridized carbons (Fsp3) is 0.588. The first-order chi connectivity index (χ1) is 11.5. The maximum atomic E-state index is 11.8. The number of alkyl carbamates (subject to hydrolysis) is 1. The zero-order chi connectivity index (χ0) is 18.8. The third-order valence-corrected chi connectivity index (χ3v) is 4.31. The number of ether oxygens (including phenoxy) is 1. The molecule has 1 aromatic rings. The minimum atomic E-state index is -0.521. The number of benzene rings is 1. The topological polar surface area (TPSA) is 93.5 Å². The van der Waals surface area contributed by atoms with Crippen molar-refractivity contribution in [3.8, 4) is 0 Å². The molecule has 1 amide bonds. The molecule has 8 heteroatoms. The van der Waals surface area contributed by atoms with Crippen molar-refractivity contribution in [2.45, 2.75) is 64.6 Å². The zero-order valence-corrected chi connectivity index (χ0v) is 15.6. The molecule has 1 fully saturated rings. The van der Waals surface area contributed by atoms with Crippen LogP contribution in [0.4, 0.5) is 16.2 Å². The van der Waals surface area contributed by atoms with Crippen LogP contribution >= 0.6 is 11.6 Å². The predicted molar refractivity (Wildman–Crippen MR) is 97.3 cm³/mol. The van der Waals surface area contributed by atoms with Gasteiger partial charge in [-0.05, 0) is 58.6 Å². The summed E-state index contributed by atoms with van der Waals surface area (Å²) in [6.45, 7) is 7.28. The summed E-state index contributed by atoms with van der Waals surface area (Å²) < 4.78 is 5.27. The Morgan fingerprint density at radius 2 is 1.96 bits per heavy atom. The number of carbonyl (C=O) groups is 1. The average molecular weight is 370 g/mol. The molecule has 25 heavy (non-hydrogen) atoms. The van der Waals surface area contributed by atoms with Gasteiger partial charge in [-0.15, -0.1) is 0 Å². The summed E-state index contributed by atoms with van der Waals surface area (Å²) in [6, 6.07) is 3.26. The maximum Gasteiger partial charge on any atom is 0.407 e. The molecule has 0 spiro atoms. The Labute approximate surface area is 152 Å². The summed E-state index contributed by atoms with van der Waals surface area (Å²) in [6.07, 6.45) is 2.08. The molecule has 0 saturated heterocycles. The van der Waals surface area contributed by atoms with Gasteiger partial charge < -0.3 is 15.4 Å². The van der Waals surface area contributed by atoms with Gasteiger partial charge >= 0.3 is 6.09 Å². The van der Waals surface area contributed by atoms with Gasteiger partial charge in [0.2, 0.25) is 0 Å². The monoisotopic (exact) mass is 369 g/mol. The fourth-order valence-electron chi connectivity index (χ4n) is 2.90. The second kappa shape index (κ2) is 7.47. The van der Waals surface area contributed by atoms with Crippen molar-refractivity contribution in [1.82, 2.24) is 5.32 Å². The van der Waals surface area contributed by atoms with Gasteiger partial charge in [0.15, 0.2) is 0 Å². The van der Waals surface area contributed by atoms with E-state index in [9.17, 15) is 14.9 Å². The van der Waals surface area contributed by atoms with Gasteiger partial charge in [0.05, 0.1) is 4.92 Å². The lowest BCUT2D eigenvalue weighted by Gasteiger charge is -2.22. The standard InChI is InChI=1S/C17H24ClN3O4/c1-10-7-15(21(23)24)13(18)9-14(10)19-11-5-6-12(8-11)20-16(22)25-17(2,3)4/h7,9,11-12,19H,5-6,8H2,1-4H3,(H,20,22). The van der Waals surface area contributed by atoms with Crippen LogP contribution < -0.4 is 10.6 Å². The van der Waals surface area contributed by atoms with Gasteiger partial charge in [-0.25, -0.2) is 4.79 Å². The molecule has 0 radical (unpaired) electrons. The highest BCUT2D eigenvalue weighted by Crippen LogP contribution is 2.32. The molecular formula is C17H24ClN3O4. The Morgan fingerprint density at radius 3 is 2.56 bits per heavy atom. The Bertz CT molecular complexity index is 673. The third kappa shape index (κ3) is 5.49. The average Bonchev–Trinajstić information content (AvgIpc) is 2.87. The second-order valence-corrected chi connectivity index (χ2v) is 7.78. The van der Waals surface area contributed by atoms with Crippen molar-refractivity contribution in [2.24, 2.45) is 0 Å². The van der Waals surface area contributed by atoms with Crippen LogP contribution in [0.15, 0.2) is 12.1 Å². The minimum absolute atomic E-state index is 0.0428. The third-order valence-electron chi connectivity index (χ3n) is 4.00. The Morgan fingerprint density at radius 1 is 1.32 bits per heavy atom. The molecule has 0 bridgehead atoms. The molecule has 1 saturated carbocycles. The Hall–Kier alpha value is -2.02. The predicted octanol–water partition coefficient (Wildman–Crippen LogP) is 4.41. The molecule has 0 aliphatic heterocycles. The van der Waals surface area contributed by atoms with Gasteiger partial charge in [-0.2, -0.15) is 0 Å². The number of nitro benzene ring substituents is 1. The highest BCUT2D eigenvalue weighted by molar-refractivity contribution is 6.33. The molecule has 2 rings (SSSR count). The van der Waals surface area contributed by atoms with Gasteiger partial charge in [0.1, 0.15) is 10.6 Å². The van der Waals surface area contributed by atoms with E-state index in [4.69, 9.17) is 16.3 Å². The van der Waals surface area contributed by atoms with Crippen LogP contribution in [-0.4, -0.2) is 28.7 Å². The number of nitrogens with one attached hydrogen (secondary N) is 2. The van der Waals surface area contributed by atoms with Crippen LogP contribution in [0.3, 0.4) is 0 Å². The van der Waals surface area contributed by atoms with Gasteiger partial charge in [-0.1, -0.05) is 11.6 Å². The number of rotatable bonds is 4.